The summed E-state index contributed by atoms with van der Waals surface area (Å²) in [5.41, 5.74) is 6.06. The van der Waals surface area contributed by atoms with Crippen molar-refractivity contribution in [3.63, 3.8) is 0 Å². The van der Waals surface area contributed by atoms with Gasteiger partial charge >= 0.3 is 0 Å². The number of hydrogen-bond acceptors (Lipinski definition) is 3. The van der Waals surface area contributed by atoms with Gasteiger partial charge in [0.2, 0.25) is 0 Å². The predicted molar refractivity (Wildman–Crippen MR) is 65.1 cm³/mol. The molecule has 1 aliphatic rings. The first-order valence-corrected chi connectivity index (χ1v) is 6.46. The van der Waals surface area contributed by atoms with E-state index in [4.69, 9.17) is 10.5 Å². The van der Waals surface area contributed by atoms with Gasteiger partial charge in [0, 0.05) is 16.3 Å². The fraction of sp³-hybridized carbons (Fsp3) is 0.500. The number of rotatable bonds is 3. The Morgan fingerprint density at radius 2 is 2.25 bits per heavy atom. The minimum Gasteiger partial charge on any atom is -0.399 e. The second kappa shape index (κ2) is 5.06. The van der Waals surface area contributed by atoms with E-state index >= 15 is 0 Å². The summed E-state index contributed by atoms with van der Waals surface area (Å²) in [7, 11) is 0. The van der Waals surface area contributed by atoms with Crippen LogP contribution in [0.4, 0.5) is 10.1 Å². The third-order valence-corrected chi connectivity index (χ3v) is 3.76. The number of hydrogen-bond donors (Lipinski definition) is 1. The summed E-state index contributed by atoms with van der Waals surface area (Å²) in [5, 5.41) is 0. The van der Waals surface area contributed by atoms with Crippen molar-refractivity contribution in [2.24, 2.45) is 0 Å². The number of anilines is 1. The Hall–Kier alpha value is -0.740. The summed E-state index contributed by atoms with van der Waals surface area (Å²) < 4.78 is 18.8. The molecule has 1 aromatic carbocycles. The Labute approximate surface area is 99.4 Å². The average Bonchev–Trinajstić information content (AvgIpc) is 2.60. The third-order valence-electron chi connectivity index (χ3n) is 2.65. The zero-order valence-electron chi connectivity index (χ0n) is 9.28. The fourth-order valence-electron chi connectivity index (χ4n) is 1.86. The Morgan fingerprint density at radius 3 is 2.88 bits per heavy atom. The average molecular weight is 241 g/mol. The van der Waals surface area contributed by atoms with Crippen LogP contribution in [-0.4, -0.2) is 18.0 Å². The molecule has 1 aliphatic heterocycles. The molecule has 0 saturated carbocycles. The second-order valence-electron chi connectivity index (χ2n) is 4.18. The highest BCUT2D eigenvalue weighted by Gasteiger charge is 2.21. The smallest absolute Gasteiger partial charge is 0.126 e. The lowest BCUT2D eigenvalue weighted by molar-refractivity contribution is 0.0700. The van der Waals surface area contributed by atoms with E-state index in [1.54, 1.807) is 17.8 Å². The predicted octanol–water partition coefficient (Wildman–Crippen LogP) is 3.07. The first kappa shape index (κ1) is 11.7. The monoisotopic (exact) mass is 241 g/mol. The van der Waals surface area contributed by atoms with Gasteiger partial charge in [0.25, 0.3) is 0 Å². The lowest BCUT2D eigenvalue weighted by Crippen LogP contribution is -2.10. The number of ether oxygens (including phenoxy) is 1. The fourth-order valence-corrected chi connectivity index (χ4v) is 2.90. The Morgan fingerprint density at radius 1 is 1.44 bits per heavy atom. The van der Waals surface area contributed by atoms with Crippen LogP contribution in [0.1, 0.15) is 19.8 Å². The molecule has 0 aliphatic carbocycles. The summed E-state index contributed by atoms with van der Waals surface area (Å²) in [6.45, 7) is 2.09. The van der Waals surface area contributed by atoms with Crippen LogP contribution >= 0.6 is 11.8 Å². The molecule has 0 amide bonds. The van der Waals surface area contributed by atoms with Gasteiger partial charge in [0.1, 0.15) is 5.82 Å². The van der Waals surface area contributed by atoms with Crippen molar-refractivity contribution in [1.82, 2.24) is 0 Å². The zero-order valence-corrected chi connectivity index (χ0v) is 10.1. The molecule has 4 heteroatoms. The van der Waals surface area contributed by atoms with E-state index in [0.29, 0.717) is 17.9 Å². The van der Waals surface area contributed by atoms with E-state index in [1.165, 1.54) is 12.1 Å². The van der Waals surface area contributed by atoms with Crippen LogP contribution in [0, 0.1) is 5.82 Å². The Balaban J connectivity index is 1.89. The number of benzene rings is 1. The van der Waals surface area contributed by atoms with Crippen LogP contribution in [0.2, 0.25) is 0 Å². The van der Waals surface area contributed by atoms with Crippen molar-refractivity contribution >= 4 is 17.4 Å². The largest absolute Gasteiger partial charge is 0.399 e. The van der Waals surface area contributed by atoms with Crippen molar-refractivity contribution in [2.75, 3.05) is 11.5 Å². The van der Waals surface area contributed by atoms with Gasteiger partial charge in [-0.05, 0) is 38.0 Å². The third kappa shape index (κ3) is 3.12. The van der Waals surface area contributed by atoms with E-state index < -0.39 is 0 Å². The highest BCUT2D eigenvalue weighted by molar-refractivity contribution is 7.99. The molecule has 0 spiro atoms. The minimum atomic E-state index is -0.275. The second-order valence-corrected chi connectivity index (χ2v) is 5.27. The minimum absolute atomic E-state index is 0.275. The topological polar surface area (TPSA) is 35.2 Å². The van der Waals surface area contributed by atoms with Crippen LogP contribution in [0.25, 0.3) is 0 Å². The molecule has 0 bridgehead atoms. The van der Waals surface area contributed by atoms with Crippen LogP contribution in [0.3, 0.4) is 0 Å². The van der Waals surface area contributed by atoms with Gasteiger partial charge in [-0.15, -0.1) is 11.8 Å². The van der Waals surface area contributed by atoms with Gasteiger partial charge in [-0.25, -0.2) is 4.39 Å². The normalized spacial score (nSPS) is 24.9. The Bertz CT molecular complexity index is 352. The number of halogens is 1. The lowest BCUT2D eigenvalue weighted by Gasteiger charge is -2.10. The summed E-state index contributed by atoms with van der Waals surface area (Å²) in [5.74, 6) is 0.593. The van der Waals surface area contributed by atoms with Gasteiger partial charge < -0.3 is 10.5 Å². The summed E-state index contributed by atoms with van der Waals surface area (Å²) in [6.07, 6.45) is 2.88. The molecule has 16 heavy (non-hydrogen) atoms. The van der Waals surface area contributed by atoms with Gasteiger partial charge in [-0.1, -0.05) is 0 Å². The van der Waals surface area contributed by atoms with Crippen molar-refractivity contribution in [2.45, 2.75) is 36.9 Å². The molecule has 2 rings (SSSR count). The summed E-state index contributed by atoms with van der Waals surface area (Å²) in [4.78, 5) is 0.876. The molecule has 2 N–H and O–H groups in total. The number of thioether (sulfide) groups is 1. The number of nitrogens with two attached hydrogens (primary N) is 1. The molecule has 88 valence electrons. The van der Waals surface area contributed by atoms with Crippen molar-refractivity contribution in [3.8, 4) is 0 Å². The molecule has 1 saturated heterocycles. The highest BCUT2D eigenvalue weighted by Crippen LogP contribution is 2.27. The van der Waals surface area contributed by atoms with Crippen LogP contribution in [0.15, 0.2) is 23.1 Å². The molecule has 2 atom stereocenters. The molecular formula is C12H16FNOS. The molecular weight excluding hydrogens is 225 g/mol. The molecule has 2 unspecified atom stereocenters. The van der Waals surface area contributed by atoms with Crippen molar-refractivity contribution in [1.29, 1.82) is 0 Å². The van der Waals surface area contributed by atoms with Crippen LogP contribution in [0.5, 0.6) is 0 Å². The van der Waals surface area contributed by atoms with Crippen LogP contribution in [-0.2, 0) is 4.74 Å². The summed E-state index contributed by atoms with van der Waals surface area (Å²) >= 11 is 1.60. The van der Waals surface area contributed by atoms with Crippen molar-refractivity contribution < 1.29 is 9.13 Å². The van der Waals surface area contributed by atoms with Crippen molar-refractivity contribution in [3.05, 3.63) is 24.0 Å². The van der Waals surface area contributed by atoms with E-state index in [0.717, 1.165) is 23.5 Å². The van der Waals surface area contributed by atoms with Gasteiger partial charge in [-0.3, -0.25) is 0 Å². The molecule has 1 aromatic rings. The first-order valence-electron chi connectivity index (χ1n) is 5.48. The molecule has 1 heterocycles. The molecule has 2 nitrogen and oxygen atoms in total. The lowest BCUT2D eigenvalue weighted by atomic mass is 10.2. The van der Waals surface area contributed by atoms with Gasteiger partial charge in [-0.2, -0.15) is 0 Å². The van der Waals surface area contributed by atoms with E-state index in [-0.39, 0.29) is 5.82 Å². The van der Waals surface area contributed by atoms with Gasteiger partial charge in [0.15, 0.2) is 0 Å². The SMILES string of the molecule is CC1CCC(CSc2cc(N)cc(F)c2)O1. The molecule has 0 aromatic heterocycles. The maximum atomic E-state index is 13.1. The van der Waals surface area contributed by atoms with E-state index in [1.807, 2.05) is 0 Å². The summed E-state index contributed by atoms with van der Waals surface area (Å²) in [6, 6.07) is 4.64. The molecule has 1 fully saturated rings. The first-order chi connectivity index (χ1) is 7.63. The quantitative estimate of drug-likeness (QED) is 0.652. The van der Waals surface area contributed by atoms with Gasteiger partial charge in [0.05, 0.1) is 12.2 Å². The zero-order chi connectivity index (χ0) is 11.5. The van der Waals surface area contributed by atoms with Crippen LogP contribution < -0.4 is 5.73 Å². The maximum Gasteiger partial charge on any atom is 0.126 e. The molecule has 0 radical (unpaired) electrons. The number of nitrogen functional groups attached to an aromatic ring is 1. The maximum absolute atomic E-state index is 13.1. The highest BCUT2D eigenvalue weighted by atomic mass is 32.2. The Kier molecular flexibility index (Phi) is 3.71. The standard InChI is InChI=1S/C12H16FNOS/c1-8-2-3-11(15-8)7-16-12-5-9(13)4-10(14)6-12/h4-6,8,11H,2-3,7,14H2,1H3. The van der Waals surface area contributed by atoms with E-state index in [2.05, 4.69) is 6.92 Å². The van der Waals surface area contributed by atoms with E-state index in [9.17, 15) is 4.39 Å².